The van der Waals surface area contributed by atoms with E-state index in [4.69, 9.17) is 4.74 Å². The number of phenolic OH excluding ortho intramolecular Hbond substituents is 1. The average Bonchev–Trinajstić information content (AvgIpc) is 2.28. The van der Waals surface area contributed by atoms with Gasteiger partial charge in [0.15, 0.2) is 0 Å². The van der Waals surface area contributed by atoms with Crippen LogP contribution < -0.4 is 5.32 Å². The molecule has 1 atom stereocenters. The predicted molar refractivity (Wildman–Crippen MR) is 56.9 cm³/mol. The highest BCUT2D eigenvalue weighted by molar-refractivity contribution is 5.96. The third-order valence-corrected chi connectivity index (χ3v) is 2.16. The van der Waals surface area contributed by atoms with Crippen molar-refractivity contribution in [1.82, 2.24) is 5.32 Å². The number of ether oxygens (including phenoxy) is 1. The van der Waals surface area contributed by atoms with Crippen molar-refractivity contribution in [2.24, 2.45) is 0 Å². The second-order valence-corrected chi connectivity index (χ2v) is 3.42. The number of hydrogen-bond acceptors (Lipinski definition) is 3. The Morgan fingerprint density at radius 2 is 2.31 bits per heavy atom. The fourth-order valence-corrected chi connectivity index (χ4v) is 1.11. The standard InChI is InChI=1S/C11H14FNO3/c1-7(16-2)6-13-11(15)9-5-8(12)3-4-10(9)14/h3-5,7,14H,6H2,1-2H3,(H,13,15). The third-order valence-electron chi connectivity index (χ3n) is 2.16. The van der Waals surface area contributed by atoms with Crippen molar-refractivity contribution in [3.8, 4) is 5.75 Å². The molecule has 0 heterocycles. The summed E-state index contributed by atoms with van der Waals surface area (Å²) in [5, 5.41) is 11.9. The van der Waals surface area contributed by atoms with Crippen LogP contribution in [0.1, 0.15) is 17.3 Å². The van der Waals surface area contributed by atoms with Crippen LogP contribution in [0.15, 0.2) is 18.2 Å². The minimum absolute atomic E-state index is 0.0803. The molecule has 0 bridgehead atoms. The van der Waals surface area contributed by atoms with Crippen molar-refractivity contribution >= 4 is 5.91 Å². The van der Waals surface area contributed by atoms with Crippen LogP contribution in [0, 0.1) is 5.82 Å². The summed E-state index contributed by atoms with van der Waals surface area (Å²) in [6.07, 6.45) is -0.139. The zero-order chi connectivity index (χ0) is 12.1. The summed E-state index contributed by atoms with van der Waals surface area (Å²) in [7, 11) is 1.52. The van der Waals surface area contributed by atoms with Crippen molar-refractivity contribution in [3.63, 3.8) is 0 Å². The molecule has 0 aliphatic carbocycles. The molecule has 1 rings (SSSR count). The fourth-order valence-electron chi connectivity index (χ4n) is 1.11. The highest BCUT2D eigenvalue weighted by Crippen LogP contribution is 2.17. The predicted octanol–water partition coefficient (Wildman–Crippen LogP) is 1.30. The zero-order valence-electron chi connectivity index (χ0n) is 9.16. The van der Waals surface area contributed by atoms with Crippen molar-refractivity contribution in [2.45, 2.75) is 13.0 Å². The molecule has 0 aliphatic heterocycles. The summed E-state index contributed by atoms with van der Waals surface area (Å²) >= 11 is 0. The van der Waals surface area contributed by atoms with Gasteiger partial charge >= 0.3 is 0 Å². The summed E-state index contributed by atoms with van der Waals surface area (Å²) in [5.41, 5.74) is -0.0803. The summed E-state index contributed by atoms with van der Waals surface area (Å²) in [5.74, 6) is -1.34. The fraction of sp³-hybridized carbons (Fsp3) is 0.364. The van der Waals surface area contributed by atoms with Gasteiger partial charge in [0, 0.05) is 13.7 Å². The Morgan fingerprint density at radius 3 is 2.94 bits per heavy atom. The number of carbonyl (C=O) groups excluding carboxylic acids is 1. The van der Waals surface area contributed by atoms with Gasteiger partial charge in [-0.15, -0.1) is 0 Å². The number of aromatic hydroxyl groups is 1. The van der Waals surface area contributed by atoms with E-state index in [1.807, 2.05) is 0 Å². The Bertz CT molecular complexity index is 381. The molecule has 0 aliphatic rings. The van der Waals surface area contributed by atoms with E-state index in [-0.39, 0.29) is 17.4 Å². The molecule has 0 radical (unpaired) electrons. The number of benzene rings is 1. The van der Waals surface area contributed by atoms with Gasteiger partial charge in [-0.2, -0.15) is 0 Å². The maximum absolute atomic E-state index is 12.9. The lowest BCUT2D eigenvalue weighted by molar-refractivity contribution is 0.0867. The van der Waals surface area contributed by atoms with E-state index >= 15 is 0 Å². The minimum atomic E-state index is -0.567. The molecular weight excluding hydrogens is 213 g/mol. The van der Waals surface area contributed by atoms with E-state index in [1.165, 1.54) is 7.11 Å². The van der Waals surface area contributed by atoms with Gasteiger partial charge in [-0.05, 0) is 25.1 Å². The molecule has 1 amide bonds. The average molecular weight is 227 g/mol. The molecule has 0 fully saturated rings. The maximum atomic E-state index is 12.9. The molecule has 0 saturated heterocycles. The van der Waals surface area contributed by atoms with Gasteiger partial charge in [0.05, 0.1) is 11.7 Å². The van der Waals surface area contributed by atoms with Crippen LogP contribution >= 0.6 is 0 Å². The van der Waals surface area contributed by atoms with E-state index in [1.54, 1.807) is 6.92 Å². The summed E-state index contributed by atoms with van der Waals surface area (Å²) in [6, 6.07) is 3.22. The Kier molecular flexibility index (Phi) is 4.25. The molecular formula is C11H14FNO3. The zero-order valence-corrected chi connectivity index (χ0v) is 9.16. The molecule has 1 aromatic rings. The first-order valence-corrected chi connectivity index (χ1v) is 4.84. The first kappa shape index (κ1) is 12.4. The van der Waals surface area contributed by atoms with Crippen molar-refractivity contribution < 1.29 is 19.0 Å². The number of amides is 1. The number of rotatable bonds is 4. The van der Waals surface area contributed by atoms with Gasteiger partial charge in [0.1, 0.15) is 11.6 Å². The highest BCUT2D eigenvalue weighted by Gasteiger charge is 2.12. The van der Waals surface area contributed by atoms with Crippen LogP contribution in [0.5, 0.6) is 5.75 Å². The first-order valence-electron chi connectivity index (χ1n) is 4.84. The van der Waals surface area contributed by atoms with Crippen molar-refractivity contribution in [3.05, 3.63) is 29.6 Å². The van der Waals surface area contributed by atoms with E-state index in [2.05, 4.69) is 5.32 Å². The van der Waals surface area contributed by atoms with Gasteiger partial charge < -0.3 is 15.2 Å². The molecule has 88 valence electrons. The molecule has 0 saturated carbocycles. The maximum Gasteiger partial charge on any atom is 0.255 e. The Hall–Kier alpha value is -1.62. The molecule has 16 heavy (non-hydrogen) atoms. The van der Waals surface area contributed by atoms with Crippen LogP contribution in [-0.2, 0) is 4.74 Å². The van der Waals surface area contributed by atoms with E-state index in [0.29, 0.717) is 6.54 Å². The number of nitrogens with one attached hydrogen (secondary N) is 1. The van der Waals surface area contributed by atoms with E-state index in [0.717, 1.165) is 18.2 Å². The van der Waals surface area contributed by atoms with Gasteiger partial charge in [-0.25, -0.2) is 4.39 Å². The van der Waals surface area contributed by atoms with Gasteiger partial charge in [0.25, 0.3) is 5.91 Å². The van der Waals surface area contributed by atoms with E-state index in [9.17, 15) is 14.3 Å². The van der Waals surface area contributed by atoms with Gasteiger partial charge in [-0.1, -0.05) is 0 Å². The van der Waals surface area contributed by atoms with Gasteiger partial charge in [0.2, 0.25) is 0 Å². The minimum Gasteiger partial charge on any atom is -0.507 e. The molecule has 5 heteroatoms. The van der Waals surface area contributed by atoms with Crippen LogP contribution in [0.4, 0.5) is 4.39 Å². The lowest BCUT2D eigenvalue weighted by atomic mass is 10.2. The second kappa shape index (κ2) is 5.46. The monoisotopic (exact) mass is 227 g/mol. The number of phenols is 1. The van der Waals surface area contributed by atoms with Crippen molar-refractivity contribution in [1.29, 1.82) is 0 Å². The lowest BCUT2D eigenvalue weighted by Crippen LogP contribution is -2.31. The van der Waals surface area contributed by atoms with E-state index < -0.39 is 11.7 Å². The molecule has 4 nitrogen and oxygen atoms in total. The smallest absolute Gasteiger partial charge is 0.255 e. The molecule has 1 unspecified atom stereocenters. The van der Waals surface area contributed by atoms with Crippen molar-refractivity contribution in [2.75, 3.05) is 13.7 Å². The SMILES string of the molecule is COC(C)CNC(=O)c1cc(F)ccc1O. The molecule has 0 spiro atoms. The molecule has 0 aromatic heterocycles. The molecule has 2 N–H and O–H groups in total. The largest absolute Gasteiger partial charge is 0.507 e. The summed E-state index contributed by atoms with van der Waals surface area (Å²) in [6.45, 7) is 2.08. The number of carbonyl (C=O) groups is 1. The summed E-state index contributed by atoms with van der Waals surface area (Å²) in [4.78, 5) is 11.5. The number of methoxy groups -OCH3 is 1. The quantitative estimate of drug-likeness (QED) is 0.815. The van der Waals surface area contributed by atoms with Crippen LogP contribution in [-0.4, -0.2) is 30.8 Å². The number of hydrogen-bond donors (Lipinski definition) is 2. The molecule has 1 aromatic carbocycles. The Labute approximate surface area is 93.0 Å². The first-order chi connectivity index (χ1) is 7.54. The third kappa shape index (κ3) is 3.20. The Balaban J connectivity index is 2.69. The normalized spacial score (nSPS) is 12.2. The van der Waals surface area contributed by atoms with Crippen LogP contribution in [0.2, 0.25) is 0 Å². The lowest BCUT2D eigenvalue weighted by Gasteiger charge is -2.11. The van der Waals surface area contributed by atoms with Crippen LogP contribution in [0.3, 0.4) is 0 Å². The topological polar surface area (TPSA) is 58.6 Å². The van der Waals surface area contributed by atoms with Gasteiger partial charge in [-0.3, -0.25) is 4.79 Å². The summed E-state index contributed by atoms with van der Waals surface area (Å²) < 4.78 is 17.8. The highest BCUT2D eigenvalue weighted by atomic mass is 19.1. The Morgan fingerprint density at radius 1 is 1.62 bits per heavy atom. The van der Waals surface area contributed by atoms with Crippen LogP contribution in [0.25, 0.3) is 0 Å². The second-order valence-electron chi connectivity index (χ2n) is 3.42. The number of halogens is 1.